The number of nitrogens with zero attached hydrogens (tertiary/aromatic N) is 3. The van der Waals surface area contributed by atoms with E-state index in [9.17, 15) is 0 Å². The van der Waals surface area contributed by atoms with Crippen LogP contribution in [0.5, 0.6) is 0 Å². The van der Waals surface area contributed by atoms with Gasteiger partial charge >= 0.3 is 0 Å². The summed E-state index contributed by atoms with van der Waals surface area (Å²) < 4.78 is 0. The van der Waals surface area contributed by atoms with Gasteiger partial charge in [0.15, 0.2) is 5.96 Å². The molecule has 0 aromatic heterocycles. The minimum Gasteiger partial charge on any atom is -0.386 e. The average Bonchev–Trinajstić information content (AvgIpc) is 2.46. The highest BCUT2D eigenvalue weighted by molar-refractivity contribution is 6.62. The van der Waals surface area contributed by atoms with Gasteiger partial charge in [0.25, 0.3) is 6.85 Å². The molecule has 0 atom stereocenters. The van der Waals surface area contributed by atoms with Crippen molar-refractivity contribution in [1.29, 1.82) is 0 Å². The molecule has 4 heterocycles. The molecule has 4 rings (SSSR count). The van der Waals surface area contributed by atoms with Crippen LogP contribution in [0.2, 0.25) is 11.6 Å². The van der Waals surface area contributed by atoms with Crippen LogP contribution in [0, 0.1) is 0 Å². The van der Waals surface area contributed by atoms with Crippen molar-refractivity contribution >= 4 is 12.8 Å². The summed E-state index contributed by atoms with van der Waals surface area (Å²) in [6, 6.07) is 0. The Balaban J connectivity index is 1.61. The van der Waals surface area contributed by atoms with E-state index >= 15 is 0 Å². The summed E-state index contributed by atoms with van der Waals surface area (Å²) in [6.45, 7) is 5.66. The Morgan fingerprint density at radius 3 is 2.26 bits per heavy atom. The normalized spacial score (nSPS) is 34.9. The average molecular weight is 259 g/mol. The molecule has 0 spiro atoms. The number of fused-ring (bicyclic) bond motifs is 3. The van der Waals surface area contributed by atoms with Crippen LogP contribution >= 0.6 is 0 Å². The maximum Gasteiger partial charge on any atom is 0.264 e. The summed E-state index contributed by atoms with van der Waals surface area (Å²) in [7, 11) is 0. The lowest BCUT2D eigenvalue weighted by Gasteiger charge is -2.51. The quantitative estimate of drug-likeness (QED) is 0.674. The zero-order valence-electron chi connectivity index (χ0n) is 12.1. The van der Waals surface area contributed by atoms with E-state index in [1.165, 1.54) is 77.0 Å². The van der Waals surface area contributed by atoms with Gasteiger partial charge in [-0.1, -0.05) is 38.5 Å². The predicted octanol–water partition coefficient (Wildman–Crippen LogP) is 2.85. The van der Waals surface area contributed by atoms with E-state index in [0.717, 1.165) is 25.0 Å². The highest BCUT2D eigenvalue weighted by Gasteiger charge is 2.46. The first-order valence-corrected chi connectivity index (χ1v) is 8.49. The Morgan fingerprint density at radius 1 is 0.842 bits per heavy atom. The number of guanidine groups is 1. The van der Waals surface area contributed by atoms with Crippen molar-refractivity contribution in [3.05, 3.63) is 0 Å². The minimum atomic E-state index is 0.835. The molecule has 4 heteroatoms. The summed E-state index contributed by atoms with van der Waals surface area (Å²) in [5, 5.41) is 0. The highest BCUT2D eigenvalue weighted by atomic mass is 15.4. The SMILES string of the molecule is C1CC2CCCC(C1)B2N1CCCN2CCCN=C21. The topological polar surface area (TPSA) is 18.8 Å². The number of hydrogen-bond acceptors (Lipinski definition) is 3. The van der Waals surface area contributed by atoms with Gasteiger partial charge in [-0.3, -0.25) is 4.99 Å². The van der Waals surface area contributed by atoms with E-state index in [1.807, 2.05) is 0 Å². The van der Waals surface area contributed by atoms with E-state index in [4.69, 9.17) is 4.99 Å². The molecule has 0 amide bonds. The molecular formula is C15H26BN3. The van der Waals surface area contributed by atoms with Crippen LogP contribution < -0.4 is 0 Å². The maximum atomic E-state index is 4.90. The Morgan fingerprint density at radius 2 is 1.53 bits per heavy atom. The number of aliphatic imine (C=N–C) groups is 1. The second kappa shape index (κ2) is 5.03. The fraction of sp³-hybridized carbons (Fsp3) is 0.933. The molecule has 3 nitrogen and oxygen atoms in total. The first-order valence-electron chi connectivity index (χ1n) is 8.49. The molecule has 0 aliphatic carbocycles. The van der Waals surface area contributed by atoms with Crippen molar-refractivity contribution in [1.82, 2.24) is 9.71 Å². The molecule has 3 fully saturated rings. The lowest BCUT2D eigenvalue weighted by atomic mass is 9.33. The van der Waals surface area contributed by atoms with Crippen molar-refractivity contribution in [3.8, 4) is 0 Å². The van der Waals surface area contributed by atoms with E-state index in [0.29, 0.717) is 0 Å². The Hall–Kier alpha value is -0.665. The fourth-order valence-electron chi connectivity index (χ4n) is 5.09. The summed E-state index contributed by atoms with van der Waals surface area (Å²) in [5.41, 5.74) is 0. The van der Waals surface area contributed by atoms with Crippen molar-refractivity contribution in [2.75, 3.05) is 26.2 Å². The summed E-state index contributed by atoms with van der Waals surface area (Å²) in [5.74, 6) is 3.32. The number of hydrogen-bond donors (Lipinski definition) is 0. The summed E-state index contributed by atoms with van der Waals surface area (Å²) in [6.07, 6.45) is 11.5. The van der Waals surface area contributed by atoms with Gasteiger partial charge in [-0.05, 0) is 24.5 Å². The predicted molar refractivity (Wildman–Crippen MR) is 80.8 cm³/mol. The fourth-order valence-corrected chi connectivity index (χ4v) is 5.09. The van der Waals surface area contributed by atoms with Crippen molar-refractivity contribution in [2.24, 2.45) is 4.99 Å². The van der Waals surface area contributed by atoms with E-state index in [-0.39, 0.29) is 0 Å². The van der Waals surface area contributed by atoms with Gasteiger partial charge in [0.1, 0.15) is 0 Å². The van der Waals surface area contributed by atoms with Crippen LogP contribution in [0.1, 0.15) is 51.4 Å². The first-order chi connectivity index (χ1) is 9.43. The van der Waals surface area contributed by atoms with E-state index in [2.05, 4.69) is 9.71 Å². The molecule has 4 aliphatic rings. The molecule has 0 aromatic rings. The zero-order chi connectivity index (χ0) is 12.7. The molecule has 19 heavy (non-hydrogen) atoms. The lowest BCUT2D eigenvalue weighted by molar-refractivity contribution is 0.285. The smallest absolute Gasteiger partial charge is 0.264 e. The van der Waals surface area contributed by atoms with Gasteiger partial charge in [0.05, 0.1) is 0 Å². The summed E-state index contributed by atoms with van der Waals surface area (Å²) >= 11 is 0. The molecule has 3 saturated heterocycles. The van der Waals surface area contributed by atoms with Crippen LogP contribution in [0.4, 0.5) is 0 Å². The molecule has 4 aliphatic heterocycles. The minimum absolute atomic E-state index is 0.835. The highest BCUT2D eigenvalue weighted by Crippen LogP contribution is 2.48. The van der Waals surface area contributed by atoms with Crippen LogP contribution in [-0.4, -0.2) is 48.7 Å². The van der Waals surface area contributed by atoms with Gasteiger partial charge in [0, 0.05) is 26.2 Å². The Kier molecular flexibility index (Phi) is 3.20. The van der Waals surface area contributed by atoms with Crippen molar-refractivity contribution in [3.63, 3.8) is 0 Å². The first kappa shape index (κ1) is 12.1. The Bertz CT molecular complexity index is 348. The number of rotatable bonds is 1. The van der Waals surface area contributed by atoms with Gasteiger partial charge in [-0.15, -0.1) is 0 Å². The third-order valence-corrected chi connectivity index (χ3v) is 5.83. The van der Waals surface area contributed by atoms with E-state index in [1.54, 1.807) is 0 Å². The molecular weight excluding hydrogens is 233 g/mol. The standard InChI is InChI=1S/C15H26BN3/c1-5-13-7-2-8-14(6-1)16(13)19-12-4-11-18-10-3-9-17-15(18)19/h13-14H,1-12H2. The third-order valence-electron chi connectivity index (χ3n) is 5.83. The van der Waals surface area contributed by atoms with Crippen LogP contribution in [0.25, 0.3) is 0 Å². The van der Waals surface area contributed by atoms with Crippen molar-refractivity contribution < 1.29 is 0 Å². The monoisotopic (exact) mass is 259 g/mol. The molecule has 2 bridgehead atoms. The largest absolute Gasteiger partial charge is 0.386 e. The molecule has 0 saturated carbocycles. The van der Waals surface area contributed by atoms with E-state index < -0.39 is 0 Å². The maximum absolute atomic E-state index is 4.90. The van der Waals surface area contributed by atoms with Crippen LogP contribution in [0.15, 0.2) is 4.99 Å². The van der Waals surface area contributed by atoms with Gasteiger partial charge in [-0.2, -0.15) is 0 Å². The lowest BCUT2D eigenvalue weighted by Crippen LogP contribution is -2.61. The molecule has 0 radical (unpaired) electrons. The van der Waals surface area contributed by atoms with Crippen LogP contribution in [0.3, 0.4) is 0 Å². The second-order valence-corrected chi connectivity index (χ2v) is 6.94. The molecule has 0 N–H and O–H groups in total. The van der Waals surface area contributed by atoms with Crippen molar-refractivity contribution in [2.45, 2.75) is 63.0 Å². The van der Waals surface area contributed by atoms with Gasteiger partial charge < -0.3 is 9.71 Å². The van der Waals surface area contributed by atoms with Crippen LogP contribution in [-0.2, 0) is 0 Å². The summed E-state index contributed by atoms with van der Waals surface area (Å²) in [4.78, 5) is 10.2. The van der Waals surface area contributed by atoms with Gasteiger partial charge in [-0.25, -0.2) is 0 Å². The van der Waals surface area contributed by atoms with Gasteiger partial charge in [0.2, 0.25) is 0 Å². The molecule has 0 unspecified atom stereocenters. The molecule has 0 aromatic carbocycles. The molecule has 104 valence electrons. The Labute approximate surface area is 117 Å². The second-order valence-electron chi connectivity index (χ2n) is 6.94. The zero-order valence-corrected chi connectivity index (χ0v) is 12.1. The third kappa shape index (κ3) is 2.07.